The highest BCUT2D eigenvalue weighted by atomic mass is 35.5. The normalized spacial score (nSPS) is 14.3. The molecule has 0 aliphatic heterocycles. The molecule has 0 aromatic heterocycles. The predicted octanol–water partition coefficient (Wildman–Crippen LogP) is 1.80. The van der Waals surface area contributed by atoms with Crippen LogP contribution in [0.5, 0.6) is 0 Å². The van der Waals surface area contributed by atoms with Crippen LogP contribution >= 0.6 is 11.6 Å². The highest BCUT2D eigenvalue weighted by molar-refractivity contribution is 6.42. The summed E-state index contributed by atoms with van der Waals surface area (Å²) in [6.45, 7) is 6.55. The molecule has 64 valence electrons. The van der Waals surface area contributed by atoms with E-state index in [9.17, 15) is 9.59 Å². The van der Waals surface area contributed by atoms with Gasteiger partial charge in [-0.3, -0.25) is 9.59 Å². The molecule has 3 heteroatoms. The van der Waals surface area contributed by atoms with Crippen molar-refractivity contribution in [2.45, 2.75) is 33.1 Å². The SMILES string of the molecule is CC(=O)C(Cl)C(=O)C(C)(C)C. The molecular formula is C8H13ClO2. The van der Waals surface area contributed by atoms with E-state index in [1.54, 1.807) is 20.8 Å². The first-order valence-corrected chi connectivity index (χ1v) is 3.89. The van der Waals surface area contributed by atoms with E-state index in [1.807, 2.05) is 0 Å². The van der Waals surface area contributed by atoms with E-state index in [0.717, 1.165) is 0 Å². The van der Waals surface area contributed by atoms with Gasteiger partial charge in [-0.25, -0.2) is 0 Å². The highest BCUT2D eigenvalue weighted by Crippen LogP contribution is 2.19. The van der Waals surface area contributed by atoms with Crippen LogP contribution in [-0.2, 0) is 9.59 Å². The first kappa shape index (κ1) is 10.6. The Bertz CT molecular complexity index is 179. The van der Waals surface area contributed by atoms with E-state index in [2.05, 4.69) is 0 Å². The van der Waals surface area contributed by atoms with E-state index in [1.165, 1.54) is 6.92 Å². The minimum Gasteiger partial charge on any atom is -0.298 e. The first-order chi connectivity index (χ1) is 4.76. The quantitative estimate of drug-likeness (QED) is 0.475. The third kappa shape index (κ3) is 3.02. The molecule has 0 saturated heterocycles. The largest absolute Gasteiger partial charge is 0.298 e. The molecule has 0 aromatic carbocycles. The molecule has 0 amide bonds. The summed E-state index contributed by atoms with van der Waals surface area (Å²) in [5.74, 6) is -0.502. The van der Waals surface area contributed by atoms with Gasteiger partial charge in [-0.05, 0) is 6.92 Å². The van der Waals surface area contributed by atoms with E-state index in [0.29, 0.717) is 0 Å². The van der Waals surface area contributed by atoms with Gasteiger partial charge in [0.2, 0.25) is 0 Å². The van der Waals surface area contributed by atoms with Crippen LogP contribution in [0.15, 0.2) is 0 Å². The van der Waals surface area contributed by atoms with Gasteiger partial charge in [0.05, 0.1) is 0 Å². The van der Waals surface area contributed by atoms with Crippen LogP contribution in [0.1, 0.15) is 27.7 Å². The number of ketones is 2. The lowest BCUT2D eigenvalue weighted by molar-refractivity contribution is -0.130. The summed E-state index contributed by atoms with van der Waals surface area (Å²) >= 11 is 5.55. The number of carbonyl (C=O) groups is 2. The topological polar surface area (TPSA) is 34.1 Å². The van der Waals surface area contributed by atoms with Gasteiger partial charge in [-0.15, -0.1) is 11.6 Å². The van der Waals surface area contributed by atoms with Crippen molar-refractivity contribution in [3.63, 3.8) is 0 Å². The number of hydrogen-bond donors (Lipinski definition) is 0. The van der Waals surface area contributed by atoms with Crippen LogP contribution in [-0.4, -0.2) is 16.9 Å². The molecule has 0 bridgehead atoms. The standard InChI is InChI=1S/C8H13ClO2/c1-5(10)6(9)7(11)8(2,3)4/h6H,1-4H3. The predicted molar refractivity (Wildman–Crippen MR) is 44.8 cm³/mol. The molecular weight excluding hydrogens is 164 g/mol. The molecule has 0 aliphatic rings. The molecule has 0 heterocycles. The molecule has 11 heavy (non-hydrogen) atoms. The molecule has 0 saturated carbocycles. The average molecular weight is 177 g/mol. The van der Waals surface area contributed by atoms with Gasteiger partial charge >= 0.3 is 0 Å². The van der Waals surface area contributed by atoms with Gasteiger partial charge in [0.1, 0.15) is 0 Å². The molecule has 1 atom stereocenters. The Morgan fingerprint density at radius 3 is 1.73 bits per heavy atom. The summed E-state index contributed by atoms with van der Waals surface area (Å²) in [6.07, 6.45) is 0. The Morgan fingerprint density at radius 2 is 1.64 bits per heavy atom. The van der Waals surface area contributed by atoms with Gasteiger partial charge < -0.3 is 0 Å². The third-order valence-corrected chi connectivity index (χ3v) is 1.83. The van der Waals surface area contributed by atoms with E-state index in [4.69, 9.17) is 11.6 Å². The molecule has 0 radical (unpaired) electrons. The zero-order chi connectivity index (χ0) is 9.23. The van der Waals surface area contributed by atoms with Gasteiger partial charge in [0.25, 0.3) is 0 Å². The molecule has 0 rings (SSSR count). The minimum atomic E-state index is -0.977. The van der Waals surface area contributed by atoms with Gasteiger partial charge in [0, 0.05) is 5.41 Å². The summed E-state index contributed by atoms with van der Waals surface area (Å²) in [5, 5.41) is -0.977. The lowest BCUT2D eigenvalue weighted by Crippen LogP contribution is -2.33. The maximum atomic E-state index is 11.3. The zero-order valence-corrected chi connectivity index (χ0v) is 8.03. The van der Waals surface area contributed by atoms with Crippen LogP contribution in [0.4, 0.5) is 0 Å². The van der Waals surface area contributed by atoms with Gasteiger partial charge in [-0.1, -0.05) is 20.8 Å². The van der Waals surface area contributed by atoms with Crippen LogP contribution in [0.2, 0.25) is 0 Å². The van der Waals surface area contributed by atoms with Crippen molar-refractivity contribution in [2.24, 2.45) is 5.41 Å². The van der Waals surface area contributed by atoms with E-state index >= 15 is 0 Å². The van der Waals surface area contributed by atoms with E-state index in [-0.39, 0.29) is 11.6 Å². The maximum absolute atomic E-state index is 11.3. The lowest BCUT2D eigenvalue weighted by atomic mass is 9.88. The fourth-order valence-corrected chi connectivity index (χ4v) is 0.892. The van der Waals surface area contributed by atoms with Gasteiger partial charge in [0.15, 0.2) is 16.9 Å². The Kier molecular flexibility index (Phi) is 3.24. The second-order valence-corrected chi connectivity index (χ2v) is 4.02. The number of alkyl halides is 1. The lowest BCUT2D eigenvalue weighted by Gasteiger charge is -2.18. The Balaban J connectivity index is 4.39. The molecule has 0 aliphatic carbocycles. The molecule has 0 spiro atoms. The fraction of sp³-hybridized carbons (Fsp3) is 0.750. The third-order valence-electron chi connectivity index (χ3n) is 1.33. The molecule has 1 unspecified atom stereocenters. The molecule has 2 nitrogen and oxygen atoms in total. The van der Waals surface area contributed by atoms with E-state index < -0.39 is 10.8 Å². The molecule has 0 N–H and O–H groups in total. The number of halogens is 1. The Morgan fingerprint density at radius 1 is 1.27 bits per heavy atom. The number of Topliss-reactive ketones (excluding diaryl/α,β-unsaturated/α-hetero) is 2. The highest BCUT2D eigenvalue weighted by Gasteiger charge is 2.30. The first-order valence-electron chi connectivity index (χ1n) is 3.45. The van der Waals surface area contributed by atoms with Crippen molar-refractivity contribution >= 4 is 23.2 Å². The summed E-state index contributed by atoms with van der Waals surface area (Å²) in [5.41, 5.74) is -0.530. The van der Waals surface area contributed by atoms with Crippen LogP contribution in [0, 0.1) is 5.41 Å². The van der Waals surface area contributed by atoms with Crippen LogP contribution in [0.3, 0.4) is 0 Å². The zero-order valence-electron chi connectivity index (χ0n) is 7.27. The second kappa shape index (κ2) is 3.35. The van der Waals surface area contributed by atoms with Crippen molar-refractivity contribution in [2.75, 3.05) is 0 Å². The summed E-state index contributed by atoms with van der Waals surface area (Å²) in [4.78, 5) is 21.9. The number of carbonyl (C=O) groups excluding carboxylic acids is 2. The van der Waals surface area contributed by atoms with Crippen molar-refractivity contribution in [1.29, 1.82) is 0 Å². The van der Waals surface area contributed by atoms with Crippen molar-refractivity contribution < 1.29 is 9.59 Å². The summed E-state index contributed by atoms with van der Waals surface area (Å²) in [6, 6.07) is 0. The Labute approximate surface area is 71.9 Å². The summed E-state index contributed by atoms with van der Waals surface area (Å²) < 4.78 is 0. The Hall–Kier alpha value is -0.370. The number of rotatable bonds is 2. The molecule has 0 fully saturated rings. The smallest absolute Gasteiger partial charge is 0.163 e. The monoisotopic (exact) mass is 176 g/mol. The van der Waals surface area contributed by atoms with Crippen molar-refractivity contribution in [3.05, 3.63) is 0 Å². The minimum absolute atomic E-state index is 0.216. The fourth-order valence-electron chi connectivity index (χ4n) is 0.565. The van der Waals surface area contributed by atoms with Crippen LogP contribution in [0.25, 0.3) is 0 Å². The van der Waals surface area contributed by atoms with Crippen molar-refractivity contribution in [3.8, 4) is 0 Å². The summed E-state index contributed by atoms with van der Waals surface area (Å²) in [7, 11) is 0. The van der Waals surface area contributed by atoms with Crippen molar-refractivity contribution in [1.82, 2.24) is 0 Å². The number of hydrogen-bond acceptors (Lipinski definition) is 2. The molecule has 0 aromatic rings. The van der Waals surface area contributed by atoms with Gasteiger partial charge in [-0.2, -0.15) is 0 Å². The van der Waals surface area contributed by atoms with Crippen LogP contribution < -0.4 is 0 Å². The average Bonchev–Trinajstić information content (AvgIpc) is 1.82. The maximum Gasteiger partial charge on any atom is 0.163 e. The second-order valence-electron chi connectivity index (χ2n) is 3.59.